The number of carboxylic acid groups (broad SMARTS) is 1. The van der Waals surface area contributed by atoms with E-state index in [1.54, 1.807) is 12.1 Å². The minimum absolute atomic E-state index is 0.208. The van der Waals surface area contributed by atoms with Crippen LogP contribution in [0.2, 0.25) is 0 Å². The molecule has 0 radical (unpaired) electrons. The smallest absolute Gasteiger partial charge is 0.336 e. The van der Waals surface area contributed by atoms with Crippen LogP contribution in [0.3, 0.4) is 0 Å². The number of aromatic carboxylic acids is 1. The second kappa shape index (κ2) is 5.16. The van der Waals surface area contributed by atoms with Crippen molar-refractivity contribution in [2.75, 3.05) is 26.8 Å². The monoisotopic (exact) mass is 237 g/mol. The summed E-state index contributed by atoms with van der Waals surface area (Å²) in [5.74, 6) is -0.428. The zero-order valence-corrected chi connectivity index (χ0v) is 9.60. The van der Waals surface area contributed by atoms with Crippen LogP contribution in [0.15, 0.2) is 18.2 Å². The van der Waals surface area contributed by atoms with E-state index < -0.39 is 5.97 Å². The SMILES string of the molecule is COc1ccc(C2CNCCO2)c(C(=O)O)c1. The minimum Gasteiger partial charge on any atom is -0.497 e. The molecule has 2 rings (SSSR count). The van der Waals surface area contributed by atoms with E-state index in [1.165, 1.54) is 13.2 Å². The van der Waals surface area contributed by atoms with Crippen LogP contribution in [0.4, 0.5) is 0 Å². The highest BCUT2D eigenvalue weighted by Gasteiger charge is 2.22. The molecule has 1 saturated heterocycles. The van der Waals surface area contributed by atoms with Crippen LogP contribution in [0.25, 0.3) is 0 Å². The van der Waals surface area contributed by atoms with E-state index in [2.05, 4.69) is 5.32 Å². The van der Waals surface area contributed by atoms with Crippen LogP contribution in [-0.2, 0) is 4.74 Å². The molecule has 92 valence electrons. The topological polar surface area (TPSA) is 67.8 Å². The second-order valence-corrected chi connectivity index (χ2v) is 3.82. The molecule has 5 heteroatoms. The molecular weight excluding hydrogens is 222 g/mol. The molecule has 1 unspecified atom stereocenters. The Bertz CT molecular complexity index is 413. The molecule has 2 N–H and O–H groups in total. The van der Waals surface area contributed by atoms with Crippen LogP contribution in [-0.4, -0.2) is 37.9 Å². The van der Waals surface area contributed by atoms with E-state index in [9.17, 15) is 9.90 Å². The van der Waals surface area contributed by atoms with Gasteiger partial charge in [0.1, 0.15) is 5.75 Å². The number of ether oxygens (including phenoxy) is 2. The first-order chi connectivity index (χ1) is 8.22. The van der Waals surface area contributed by atoms with Crippen molar-refractivity contribution in [2.45, 2.75) is 6.10 Å². The molecule has 17 heavy (non-hydrogen) atoms. The van der Waals surface area contributed by atoms with Gasteiger partial charge in [-0.05, 0) is 17.7 Å². The number of carbonyl (C=O) groups is 1. The van der Waals surface area contributed by atoms with Crippen molar-refractivity contribution >= 4 is 5.97 Å². The Morgan fingerprint density at radius 2 is 2.41 bits per heavy atom. The maximum atomic E-state index is 11.2. The molecule has 1 fully saturated rings. The van der Waals surface area contributed by atoms with Crippen LogP contribution in [0, 0.1) is 0 Å². The Balaban J connectivity index is 2.34. The number of nitrogens with one attached hydrogen (secondary N) is 1. The first kappa shape index (κ1) is 11.9. The van der Waals surface area contributed by atoms with Gasteiger partial charge in [0, 0.05) is 13.1 Å². The summed E-state index contributed by atoms with van der Waals surface area (Å²) in [6.45, 7) is 2.03. The predicted octanol–water partition coefficient (Wildman–Crippen LogP) is 1.05. The van der Waals surface area contributed by atoms with Gasteiger partial charge in [0.05, 0.1) is 25.4 Å². The van der Waals surface area contributed by atoms with Crippen molar-refractivity contribution in [1.82, 2.24) is 5.32 Å². The fourth-order valence-electron chi connectivity index (χ4n) is 1.89. The predicted molar refractivity (Wildman–Crippen MR) is 61.5 cm³/mol. The standard InChI is InChI=1S/C12H15NO4/c1-16-8-2-3-9(10(6-8)12(14)15)11-7-13-4-5-17-11/h2-3,6,11,13H,4-5,7H2,1H3,(H,14,15). The van der Waals surface area contributed by atoms with Gasteiger partial charge in [0.15, 0.2) is 0 Å². The van der Waals surface area contributed by atoms with Gasteiger partial charge >= 0.3 is 5.97 Å². The molecule has 1 aliphatic rings. The quantitative estimate of drug-likeness (QED) is 0.822. The van der Waals surface area contributed by atoms with Crippen molar-refractivity contribution in [3.05, 3.63) is 29.3 Å². The zero-order valence-electron chi connectivity index (χ0n) is 9.60. The molecular formula is C12H15NO4. The summed E-state index contributed by atoms with van der Waals surface area (Å²) in [5, 5.41) is 12.4. The lowest BCUT2D eigenvalue weighted by atomic mass is 10.0. The molecule has 0 spiro atoms. The summed E-state index contributed by atoms with van der Waals surface area (Å²) in [6, 6.07) is 5.02. The highest BCUT2D eigenvalue weighted by molar-refractivity contribution is 5.90. The van der Waals surface area contributed by atoms with Crippen molar-refractivity contribution < 1.29 is 19.4 Å². The number of carboxylic acids is 1. The van der Waals surface area contributed by atoms with E-state index >= 15 is 0 Å². The molecule has 1 aromatic carbocycles. The van der Waals surface area contributed by atoms with Gasteiger partial charge in [-0.25, -0.2) is 4.79 Å². The maximum Gasteiger partial charge on any atom is 0.336 e. The lowest BCUT2D eigenvalue weighted by Gasteiger charge is -2.25. The largest absolute Gasteiger partial charge is 0.497 e. The highest BCUT2D eigenvalue weighted by atomic mass is 16.5. The third kappa shape index (κ3) is 2.57. The van der Waals surface area contributed by atoms with Gasteiger partial charge in [-0.3, -0.25) is 0 Å². The summed E-state index contributed by atoms with van der Waals surface area (Å²) < 4.78 is 10.6. The number of hydrogen-bond acceptors (Lipinski definition) is 4. The molecule has 1 heterocycles. The number of methoxy groups -OCH3 is 1. The third-order valence-electron chi connectivity index (χ3n) is 2.77. The Morgan fingerprint density at radius 1 is 1.59 bits per heavy atom. The lowest BCUT2D eigenvalue weighted by molar-refractivity contribution is 0.0263. The second-order valence-electron chi connectivity index (χ2n) is 3.82. The number of hydrogen-bond donors (Lipinski definition) is 2. The third-order valence-corrected chi connectivity index (χ3v) is 2.77. The Morgan fingerprint density at radius 3 is 3.00 bits per heavy atom. The number of rotatable bonds is 3. The molecule has 5 nitrogen and oxygen atoms in total. The summed E-state index contributed by atoms with van der Waals surface area (Å²) in [4.78, 5) is 11.2. The minimum atomic E-state index is -0.965. The van der Waals surface area contributed by atoms with Crippen LogP contribution in [0.5, 0.6) is 5.75 Å². The Kier molecular flexibility index (Phi) is 3.61. The van der Waals surface area contributed by atoms with E-state index in [4.69, 9.17) is 9.47 Å². The molecule has 0 saturated carbocycles. The molecule has 0 amide bonds. The molecule has 0 bridgehead atoms. The average molecular weight is 237 g/mol. The van der Waals surface area contributed by atoms with Crippen molar-refractivity contribution in [3.63, 3.8) is 0 Å². The molecule has 1 aromatic rings. The maximum absolute atomic E-state index is 11.2. The van der Waals surface area contributed by atoms with E-state index in [-0.39, 0.29) is 11.7 Å². The Hall–Kier alpha value is -1.59. The fourth-order valence-corrected chi connectivity index (χ4v) is 1.89. The van der Waals surface area contributed by atoms with E-state index in [1.807, 2.05) is 0 Å². The van der Waals surface area contributed by atoms with Crippen LogP contribution >= 0.6 is 0 Å². The first-order valence-corrected chi connectivity index (χ1v) is 5.46. The lowest BCUT2D eigenvalue weighted by Crippen LogP contribution is -2.34. The fraction of sp³-hybridized carbons (Fsp3) is 0.417. The number of benzene rings is 1. The normalized spacial score (nSPS) is 19.9. The van der Waals surface area contributed by atoms with Crippen LogP contribution < -0.4 is 10.1 Å². The summed E-state index contributed by atoms with van der Waals surface area (Å²) >= 11 is 0. The highest BCUT2D eigenvalue weighted by Crippen LogP contribution is 2.26. The number of morpholine rings is 1. The van der Waals surface area contributed by atoms with Crippen molar-refractivity contribution in [2.24, 2.45) is 0 Å². The molecule has 1 aliphatic heterocycles. The van der Waals surface area contributed by atoms with Gasteiger partial charge in [-0.2, -0.15) is 0 Å². The zero-order chi connectivity index (χ0) is 12.3. The van der Waals surface area contributed by atoms with Gasteiger partial charge in [-0.15, -0.1) is 0 Å². The van der Waals surface area contributed by atoms with Crippen molar-refractivity contribution in [1.29, 1.82) is 0 Å². The van der Waals surface area contributed by atoms with Gasteiger partial charge in [0.2, 0.25) is 0 Å². The van der Waals surface area contributed by atoms with Gasteiger partial charge in [0.25, 0.3) is 0 Å². The van der Waals surface area contributed by atoms with Gasteiger partial charge < -0.3 is 19.9 Å². The van der Waals surface area contributed by atoms with Crippen LogP contribution in [0.1, 0.15) is 22.0 Å². The van der Waals surface area contributed by atoms with Gasteiger partial charge in [-0.1, -0.05) is 6.07 Å². The summed E-state index contributed by atoms with van der Waals surface area (Å²) in [5.41, 5.74) is 0.920. The average Bonchev–Trinajstić information content (AvgIpc) is 2.39. The summed E-state index contributed by atoms with van der Waals surface area (Å²) in [6.07, 6.45) is -0.208. The molecule has 0 aromatic heterocycles. The van der Waals surface area contributed by atoms with Crippen molar-refractivity contribution in [3.8, 4) is 5.75 Å². The first-order valence-electron chi connectivity index (χ1n) is 5.46. The molecule has 1 atom stereocenters. The van der Waals surface area contributed by atoms with E-state index in [0.29, 0.717) is 24.5 Å². The Labute approximate surface area is 99.3 Å². The summed E-state index contributed by atoms with van der Waals surface area (Å²) in [7, 11) is 1.51. The molecule has 0 aliphatic carbocycles. The van der Waals surface area contributed by atoms with E-state index in [0.717, 1.165) is 6.54 Å².